The molecule has 0 radical (unpaired) electrons. The van der Waals surface area contributed by atoms with Crippen molar-refractivity contribution in [3.8, 4) is 5.75 Å². The standard InChI is InChI=1S/C13H15BrN2O3S/c1-4-13-15-9(2)8-16(13)20(17,18)12-6-5-10(14)7-11(12)19-3/h5-8H,4H2,1-3H3. The summed E-state index contributed by atoms with van der Waals surface area (Å²) in [4.78, 5) is 4.35. The molecule has 0 fully saturated rings. The predicted octanol–water partition coefficient (Wildman–Crippen LogP) is 2.76. The number of ether oxygens (including phenoxy) is 1. The molecule has 0 aliphatic carbocycles. The highest BCUT2D eigenvalue weighted by Gasteiger charge is 2.24. The Morgan fingerprint density at radius 3 is 2.70 bits per heavy atom. The van der Waals surface area contributed by atoms with Gasteiger partial charge in [-0.15, -0.1) is 0 Å². The number of aryl methyl sites for hydroxylation is 2. The van der Waals surface area contributed by atoms with Gasteiger partial charge in [0, 0.05) is 17.1 Å². The lowest BCUT2D eigenvalue weighted by Crippen LogP contribution is -2.16. The molecule has 0 unspecified atom stereocenters. The van der Waals surface area contributed by atoms with Gasteiger partial charge in [0.25, 0.3) is 10.0 Å². The molecule has 0 amide bonds. The number of nitrogens with zero attached hydrogens (tertiary/aromatic N) is 2. The molecule has 0 aliphatic heterocycles. The molecule has 0 saturated carbocycles. The van der Waals surface area contributed by atoms with Crippen molar-refractivity contribution in [2.24, 2.45) is 0 Å². The summed E-state index contributed by atoms with van der Waals surface area (Å²) in [5, 5.41) is 0. The van der Waals surface area contributed by atoms with Gasteiger partial charge >= 0.3 is 0 Å². The van der Waals surface area contributed by atoms with Crippen molar-refractivity contribution in [1.29, 1.82) is 0 Å². The van der Waals surface area contributed by atoms with E-state index in [4.69, 9.17) is 4.74 Å². The molecule has 108 valence electrons. The number of aromatic nitrogens is 2. The van der Waals surface area contributed by atoms with Gasteiger partial charge in [-0.1, -0.05) is 22.9 Å². The number of benzene rings is 1. The molecule has 0 bridgehead atoms. The van der Waals surface area contributed by atoms with Crippen LogP contribution in [0.2, 0.25) is 0 Å². The molecule has 0 saturated heterocycles. The van der Waals surface area contributed by atoms with Crippen LogP contribution < -0.4 is 4.74 Å². The number of methoxy groups -OCH3 is 1. The fourth-order valence-corrected chi connectivity index (χ4v) is 3.86. The maximum Gasteiger partial charge on any atom is 0.272 e. The van der Waals surface area contributed by atoms with E-state index in [2.05, 4.69) is 20.9 Å². The van der Waals surface area contributed by atoms with Crippen LogP contribution in [0.25, 0.3) is 0 Å². The smallest absolute Gasteiger partial charge is 0.272 e. The Balaban J connectivity index is 2.66. The summed E-state index contributed by atoms with van der Waals surface area (Å²) in [6.45, 7) is 3.64. The van der Waals surface area contributed by atoms with Crippen LogP contribution >= 0.6 is 15.9 Å². The average Bonchev–Trinajstić information content (AvgIpc) is 2.80. The van der Waals surface area contributed by atoms with E-state index in [9.17, 15) is 8.42 Å². The van der Waals surface area contributed by atoms with E-state index >= 15 is 0 Å². The molecular formula is C13H15BrN2O3S. The third kappa shape index (κ3) is 2.60. The van der Waals surface area contributed by atoms with Crippen LogP contribution in [0, 0.1) is 6.92 Å². The Kier molecular flexibility index (Phi) is 4.19. The van der Waals surface area contributed by atoms with Crippen molar-refractivity contribution in [1.82, 2.24) is 8.96 Å². The highest BCUT2D eigenvalue weighted by molar-refractivity contribution is 9.10. The van der Waals surface area contributed by atoms with Gasteiger partial charge in [0.1, 0.15) is 16.5 Å². The highest BCUT2D eigenvalue weighted by Crippen LogP contribution is 2.29. The maximum atomic E-state index is 12.7. The summed E-state index contributed by atoms with van der Waals surface area (Å²) >= 11 is 3.30. The van der Waals surface area contributed by atoms with Crippen molar-refractivity contribution < 1.29 is 13.2 Å². The quantitative estimate of drug-likeness (QED) is 0.842. The third-order valence-electron chi connectivity index (χ3n) is 2.84. The Labute approximate surface area is 126 Å². The molecule has 7 heteroatoms. The fraction of sp³-hybridized carbons (Fsp3) is 0.308. The van der Waals surface area contributed by atoms with E-state index in [0.717, 1.165) is 4.47 Å². The summed E-state index contributed by atoms with van der Waals surface area (Å²) in [5.41, 5.74) is 0.668. The van der Waals surface area contributed by atoms with Crippen molar-refractivity contribution in [2.75, 3.05) is 7.11 Å². The summed E-state index contributed by atoms with van der Waals surface area (Å²) in [6, 6.07) is 4.82. The molecule has 0 atom stereocenters. The van der Waals surface area contributed by atoms with E-state index in [0.29, 0.717) is 23.7 Å². The van der Waals surface area contributed by atoms with Crippen molar-refractivity contribution in [3.63, 3.8) is 0 Å². The molecule has 2 rings (SSSR count). The van der Waals surface area contributed by atoms with Crippen molar-refractivity contribution in [3.05, 3.63) is 40.4 Å². The molecule has 1 aromatic carbocycles. The van der Waals surface area contributed by atoms with Crippen LogP contribution in [0.3, 0.4) is 0 Å². The first-order valence-corrected chi connectivity index (χ1v) is 8.27. The monoisotopic (exact) mass is 358 g/mol. The van der Waals surface area contributed by atoms with E-state index < -0.39 is 10.0 Å². The molecule has 5 nitrogen and oxygen atoms in total. The first-order chi connectivity index (χ1) is 9.40. The lowest BCUT2D eigenvalue weighted by atomic mass is 10.3. The van der Waals surface area contributed by atoms with Crippen molar-refractivity contribution >= 4 is 26.0 Å². The molecule has 0 spiro atoms. The second-order valence-corrected chi connectivity index (χ2v) is 6.95. The highest BCUT2D eigenvalue weighted by atomic mass is 79.9. The zero-order valence-electron chi connectivity index (χ0n) is 11.4. The summed E-state index contributed by atoms with van der Waals surface area (Å²) in [5.74, 6) is 0.806. The second kappa shape index (κ2) is 5.57. The van der Waals surface area contributed by atoms with E-state index in [1.54, 1.807) is 19.1 Å². The van der Waals surface area contributed by atoms with E-state index in [1.807, 2.05) is 6.92 Å². The second-order valence-electron chi connectivity index (χ2n) is 4.25. The Bertz CT molecular complexity index is 738. The maximum absolute atomic E-state index is 12.7. The number of hydrogen-bond acceptors (Lipinski definition) is 4. The van der Waals surface area contributed by atoms with Gasteiger partial charge in [-0.2, -0.15) is 0 Å². The summed E-state index contributed by atoms with van der Waals surface area (Å²) in [7, 11) is -2.27. The molecule has 1 heterocycles. The number of hydrogen-bond donors (Lipinski definition) is 0. The average molecular weight is 359 g/mol. The third-order valence-corrected chi connectivity index (χ3v) is 5.06. The lowest BCUT2D eigenvalue weighted by Gasteiger charge is -2.12. The van der Waals surface area contributed by atoms with Gasteiger partial charge in [-0.05, 0) is 25.1 Å². The Morgan fingerprint density at radius 1 is 1.40 bits per heavy atom. The SMILES string of the molecule is CCc1nc(C)cn1S(=O)(=O)c1ccc(Br)cc1OC. The van der Waals surface area contributed by atoms with Crippen LogP contribution in [0.15, 0.2) is 33.8 Å². The predicted molar refractivity (Wildman–Crippen MR) is 79.6 cm³/mol. The number of halogens is 1. The molecule has 0 N–H and O–H groups in total. The molecule has 2 aromatic rings. The summed E-state index contributed by atoms with van der Waals surface area (Å²) < 4.78 is 32.6. The van der Waals surface area contributed by atoms with E-state index in [-0.39, 0.29) is 4.90 Å². The zero-order valence-corrected chi connectivity index (χ0v) is 13.8. The van der Waals surface area contributed by atoms with Crippen LogP contribution in [0.4, 0.5) is 0 Å². The van der Waals surface area contributed by atoms with Crippen LogP contribution in [0.1, 0.15) is 18.4 Å². The largest absolute Gasteiger partial charge is 0.495 e. The Hall–Kier alpha value is -1.34. The van der Waals surface area contributed by atoms with E-state index in [1.165, 1.54) is 23.3 Å². The van der Waals surface area contributed by atoms with Gasteiger partial charge in [-0.25, -0.2) is 17.4 Å². The molecule has 20 heavy (non-hydrogen) atoms. The van der Waals surface area contributed by atoms with Gasteiger partial charge in [-0.3, -0.25) is 0 Å². The molecule has 0 aliphatic rings. The number of imidazole rings is 1. The topological polar surface area (TPSA) is 61.2 Å². The van der Waals surface area contributed by atoms with Crippen LogP contribution in [-0.2, 0) is 16.4 Å². The molecular weight excluding hydrogens is 344 g/mol. The van der Waals surface area contributed by atoms with Gasteiger partial charge < -0.3 is 4.74 Å². The summed E-state index contributed by atoms with van der Waals surface area (Å²) in [6.07, 6.45) is 2.06. The van der Waals surface area contributed by atoms with Gasteiger partial charge in [0.15, 0.2) is 0 Å². The van der Waals surface area contributed by atoms with Gasteiger partial charge in [0.2, 0.25) is 0 Å². The minimum atomic E-state index is -3.71. The lowest BCUT2D eigenvalue weighted by molar-refractivity contribution is 0.402. The van der Waals surface area contributed by atoms with Crippen LogP contribution in [-0.4, -0.2) is 24.5 Å². The Morgan fingerprint density at radius 2 is 2.10 bits per heavy atom. The fourth-order valence-electron chi connectivity index (χ4n) is 1.93. The number of rotatable bonds is 4. The zero-order chi connectivity index (χ0) is 14.9. The van der Waals surface area contributed by atoms with Crippen LogP contribution in [0.5, 0.6) is 5.75 Å². The molecule has 1 aromatic heterocycles. The minimum Gasteiger partial charge on any atom is -0.495 e. The first-order valence-electron chi connectivity index (χ1n) is 6.04. The minimum absolute atomic E-state index is 0.121. The normalized spacial score (nSPS) is 11.6. The first kappa shape index (κ1) is 15.1. The van der Waals surface area contributed by atoms with Gasteiger partial charge in [0.05, 0.1) is 12.8 Å². The van der Waals surface area contributed by atoms with Crippen molar-refractivity contribution in [2.45, 2.75) is 25.2 Å².